The number of aryl methyl sites for hydroxylation is 1. The van der Waals surface area contributed by atoms with Crippen LogP contribution in [0.15, 0.2) is 30.5 Å². The fourth-order valence-corrected chi connectivity index (χ4v) is 2.16. The molecule has 1 aromatic heterocycles. The van der Waals surface area contributed by atoms with Crippen molar-refractivity contribution < 1.29 is 14.6 Å². The van der Waals surface area contributed by atoms with Crippen molar-refractivity contribution in [3.63, 3.8) is 0 Å². The predicted octanol–water partition coefficient (Wildman–Crippen LogP) is 1.61. The minimum absolute atomic E-state index is 0.132. The molecule has 0 saturated heterocycles. The van der Waals surface area contributed by atoms with Gasteiger partial charge in [0.15, 0.2) is 0 Å². The van der Waals surface area contributed by atoms with Gasteiger partial charge in [0, 0.05) is 18.5 Å². The zero-order valence-electron chi connectivity index (χ0n) is 11.5. The van der Waals surface area contributed by atoms with Gasteiger partial charge in [-0.05, 0) is 13.0 Å². The zero-order valence-corrected chi connectivity index (χ0v) is 11.5. The Labute approximate surface area is 117 Å². The van der Waals surface area contributed by atoms with Crippen molar-refractivity contribution in [3.05, 3.63) is 41.7 Å². The summed E-state index contributed by atoms with van der Waals surface area (Å²) in [4.78, 5) is 11.8. The molecular weight excluding hydrogens is 258 g/mol. The predicted molar refractivity (Wildman–Crippen MR) is 72.2 cm³/mol. The summed E-state index contributed by atoms with van der Waals surface area (Å²) in [6.45, 7) is 2.09. The van der Waals surface area contributed by atoms with Crippen LogP contribution < -0.4 is 0 Å². The number of carbonyl (C=O) groups is 1. The summed E-state index contributed by atoms with van der Waals surface area (Å²) in [7, 11) is 1.75. The van der Waals surface area contributed by atoms with Crippen molar-refractivity contribution in [2.45, 2.75) is 19.3 Å². The Morgan fingerprint density at radius 3 is 2.80 bits per heavy atom. The van der Waals surface area contributed by atoms with Crippen molar-refractivity contribution in [1.82, 2.24) is 15.0 Å². The van der Waals surface area contributed by atoms with Crippen molar-refractivity contribution in [1.29, 1.82) is 0 Å². The van der Waals surface area contributed by atoms with Crippen LogP contribution in [0.5, 0.6) is 5.75 Å². The lowest BCUT2D eigenvalue weighted by molar-refractivity contribution is -0.143. The van der Waals surface area contributed by atoms with Gasteiger partial charge in [0.25, 0.3) is 0 Å². The maximum absolute atomic E-state index is 11.8. The molecule has 1 aromatic carbocycles. The number of para-hydroxylation sites is 1. The Kier molecular flexibility index (Phi) is 4.34. The van der Waals surface area contributed by atoms with Crippen LogP contribution in [0.2, 0.25) is 0 Å². The van der Waals surface area contributed by atoms with Crippen LogP contribution in [0.1, 0.15) is 30.5 Å². The number of benzene rings is 1. The molecule has 20 heavy (non-hydrogen) atoms. The lowest BCUT2D eigenvalue weighted by Crippen LogP contribution is -2.14. The number of aromatic hydroxyl groups is 1. The molecule has 1 heterocycles. The van der Waals surface area contributed by atoms with E-state index in [1.54, 1.807) is 43.0 Å². The molecule has 106 valence electrons. The molecular formula is C14H17N3O3. The number of phenolic OH excluding ortho intramolecular Hbond substituents is 1. The first kappa shape index (κ1) is 14.0. The summed E-state index contributed by atoms with van der Waals surface area (Å²) in [5.74, 6) is -0.514. The van der Waals surface area contributed by atoms with Crippen LogP contribution >= 0.6 is 0 Å². The topological polar surface area (TPSA) is 77.2 Å². The lowest BCUT2D eigenvalue weighted by atomic mass is 9.92. The van der Waals surface area contributed by atoms with Gasteiger partial charge in [0.1, 0.15) is 5.75 Å². The molecule has 6 heteroatoms. The average Bonchev–Trinajstić information content (AvgIpc) is 2.83. The molecule has 0 aliphatic carbocycles. The molecule has 0 amide bonds. The molecule has 6 nitrogen and oxygen atoms in total. The second-order valence-electron chi connectivity index (χ2n) is 4.40. The second kappa shape index (κ2) is 6.18. The fourth-order valence-electron chi connectivity index (χ4n) is 2.16. The molecule has 0 fully saturated rings. The number of nitrogens with zero attached hydrogens (tertiary/aromatic N) is 3. The van der Waals surface area contributed by atoms with Gasteiger partial charge in [-0.15, -0.1) is 5.10 Å². The number of carbonyl (C=O) groups excluding carboxylic acids is 1. The van der Waals surface area contributed by atoms with E-state index in [9.17, 15) is 9.90 Å². The van der Waals surface area contributed by atoms with Crippen LogP contribution in [0.4, 0.5) is 0 Å². The first-order valence-electron chi connectivity index (χ1n) is 6.41. The highest BCUT2D eigenvalue weighted by molar-refractivity contribution is 5.71. The summed E-state index contributed by atoms with van der Waals surface area (Å²) >= 11 is 0. The second-order valence-corrected chi connectivity index (χ2v) is 4.40. The molecule has 1 N–H and O–H groups in total. The van der Waals surface area contributed by atoms with Gasteiger partial charge in [0.05, 0.1) is 24.9 Å². The number of aromatic nitrogens is 3. The van der Waals surface area contributed by atoms with Crippen LogP contribution in [0.25, 0.3) is 0 Å². The largest absolute Gasteiger partial charge is 0.508 e. The normalized spacial score (nSPS) is 12.1. The van der Waals surface area contributed by atoms with Crippen LogP contribution in [0.3, 0.4) is 0 Å². The maximum Gasteiger partial charge on any atom is 0.306 e. The molecule has 2 aromatic rings. The van der Waals surface area contributed by atoms with Crippen LogP contribution in [-0.2, 0) is 16.6 Å². The highest BCUT2D eigenvalue weighted by atomic mass is 16.5. The summed E-state index contributed by atoms with van der Waals surface area (Å²) in [5, 5.41) is 17.7. The van der Waals surface area contributed by atoms with Gasteiger partial charge in [0.2, 0.25) is 0 Å². The van der Waals surface area contributed by atoms with Gasteiger partial charge in [-0.25, -0.2) is 0 Å². The molecule has 0 aliphatic rings. The number of hydrogen-bond donors (Lipinski definition) is 1. The minimum atomic E-state index is -0.338. The van der Waals surface area contributed by atoms with E-state index in [1.807, 2.05) is 6.07 Å². The summed E-state index contributed by atoms with van der Waals surface area (Å²) in [5.41, 5.74) is 1.41. The van der Waals surface area contributed by atoms with Crippen molar-refractivity contribution in [2.75, 3.05) is 6.61 Å². The molecule has 0 bridgehead atoms. The van der Waals surface area contributed by atoms with E-state index < -0.39 is 0 Å². The maximum atomic E-state index is 11.8. The van der Waals surface area contributed by atoms with Gasteiger partial charge in [-0.1, -0.05) is 23.4 Å². The van der Waals surface area contributed by atoms with Crippen molar-refractivity contribution >= 4 is 5.97 Å². The number of phenols is 1. The summed E-state index contributed by atoms with van der Waals surface area (Å²) in [6.07, 6.45) is 1.73. The monoisotopic (exact) mass is 275 g/mol. The lowest BCUT2D eigenvalue weighted by Gasteiger charge is -2.17. The van der Waals surface area contributed by atoms with Gasteiger partial charge in [-0.3, -0.25) is 9.48 Å². The smallest absolute Gasteiger partial charge is 0.306 e. The molecule has 1 atom stereocenters. The Bertz CT molecular complexity index is 595. The van der Waals surface area contributed by atoms with Crippen molar-refractivity contribution in [3.8, 4) is 5.75 Å². The molecule has 0 aliphatic heterocycles. The Balaban J connectivity index is 2.37. The average molecular weight is 275 g/mol. The van der Waals surface area contributed by atoms with Crippen LogP contribution in [-0.4, -0.2) is 32.7 Å². The number of ether oxygens (including phenoxy) is 1. The minimum Gasteiger partial charge on any atom is -0.508 e. The summed E-state index contributed by atoms with van der Waals surface area (Å²) in [6, 6.07) is 6.93. The molecule has 0 radical (unpaired) electrons. The van der Waals surface area contributed by atoms with E-state index in [4.69, 9.17) is 4.74 Å². The quantitative estimate of drug-likeness (QED) is 0.839. The van der Waals surface area contributed by atoms with E-state index in [0.29, 0.717) is 12.2 Å². The molecule has 2 rings (SSSR count). The Morgan fingerprint density at radius 1 is 1.45 bits per heavy atom. The standard InChI is InChI=1S/C14H17N3O3/c1-3-20-14(19)8-11(12-9-15-16-17(12)2)10-6-4-5-7-13(10)18/h4-7,9,11,18H,3,8H2,1-2H3. The first-order chi connectivity index (χ1) is 9.63. The fraction of sp³-hybridized carbons (Fsp3) is 0.357. The van der Waals surface area contributed by atoms with Crippen molar-refractivity contribution in [2.24, 2.45) is 7.05 Å². The molecule has 0 saturated carbocycles. The Morgan fingerprint density at radius 2 is 2.20 bits per heavy atom. The first-order valence-corrected chi connectivity index (χ1v) is 6.41. The van der Waals surface area contributed by atoms with E-state index in [2.05, 4.69) is 10.3 Å². The third kappa shape index (κ3) is 2.96. The van der Waals surface area contributed by atoms with E-state index in [-0.39, 0.29) is 24.1 Å². The highest BCUT2D eigenvalue weighted by Gasteiger charge is 2.24. The van der Waals surface area contributed by atoms with Gasteiger partial charge < -0.3 is 9.84 Å². The van der Waals surface area contributed by atoms with E-state index >= 15 is 0 Å². The third-order valence-electron chi connectivity index (χ3n) is 3.09. The Hall–Kier alpha value is -2.37. The third-order valence-corrected chi connectivity index (χ3v) is 3.09. The van der Waals surface area contributed by atoms with Gasteiger partial charge in [-0.2, -0.15) is 0 Å². The number of esters is 1. The van der Waals surface area contributed by atoms with Gasteiger partial charge >= 0.3 is 5.97 Å². The number of rotatable bonds is 5. The number of hydrogen-bond acceptors (Lipinski definition) is 5. The summed E-state index contributed by atoms with van der Waals surface area (Å²) < 4.78 is 6.59. The molecule has 1 unspecified atom stereocenters. The molecule has 0 spiro atoms. The zero-order chi connectivity index (χ0) is 14.5. The SMILES string of the molecule is CCOC(=O)CC(c1ccccc1O)c1cnnn1C. The highest BCUT2D eigenvalue weighted by Crippen LogP contribution is 2.33. The van der Waals surface area contributed by atoms with E-state index in [1.165, 1.54) is 0 Å². The van der Waals surface area contributed by atoms with E-state index in [0.717, 1.165) is 5.69 Å². The van der Waals surface area contributed by atoms with Crippen LogP contribution in [0, 0.1) is 0 Å².